The molecule has 2 rings (SSSR count). The van der Waals surface area contributed by atoms with Gasteiger partial charge in [-0.25, -0.2) is 4.39 Å². The zero-order valence-electron chi connectivity index (χ0n) is 10.5. The second-order valence-corrected chi connectivity index (χ2v) is 4.03. The number of ether oxygens (including phenoxy) is 1. The van der Waals surface area contributed by atoms with Crippen LogP contribution >= 0.6 is 0 Å². The van der Waals surface area contributed by atoms with Crippen LogP contribution in [-0.2, 0) is 0 Å². The predicted octanol–water partition coefficient (Wildman–Crippen LogP) is 2.37. The van der Waals surface area contributed by atoms with E-state index in [4.69, 9.17) is 10.00 Å². The van der Waals surface area contributed by atoms with Gasteiger partial charge in [0, 0.05) is 16.8 Å². The highest BCUT2D eigenvalue weighted by molar-refractivity contribution is 5.75. The van der Waals surface area contributed by atoms with Gasteiger partial charge in [-0.05, 0) is 31.2 Å². The molecule has 0 aliphatic carbocycles. The van der Waals surface area contributed by atoms with Gasteiger partial charge in [0.25, 0.3) is 5.56 Å². The Balaban J connectivity index is 2.82. The summed E-state index contributed by atoms with van der Waals surface area (Å²) >= 11 is 0. The molecule has 2 aromatic rings. The highest BCUT2D eigenvalue weighted by atomic mass is 19.1. The van der Waals surface area contributed by atoms with Crippen LogP contribution < -0.4 is 10.3 Å². The molecule has 1 aromatic carbocycles. The number of H-pyrrole nitrogens is 1. The fraction of sp³-hybridized carbons (Fsp3) is 0.143. The quantitative estimate of drug-likeness (QED) is 0.899. The first kappa shape index (κ1) is 12.8. The third-order valence-electron chi connectivity index (χ3n) is 2.73. The fourth-order valence-electron chi connectivity index (χ4n) is 1.90. The lowest BCUT2D eigenvalue weighted by Crippen LogP contribution is -2.13. The van der Waals surface area contributed by atoms with Crippen molar-refractivity contribution in [2.24, 2.45) is 0 Å². The summed E-state index contributed by atoms with van der Waals surface area (Å²) in [5.74, 6) is -0.0551. The summed E-state index contributed by atoms with van der Waals surface area (Å²) in [7, 11) is 1.45. The minimum absolute atomic E-state index is 0.0606. The maximum atomic E-state index is 13.4. The van der Waals surface area contributed by atoms with Crippen LogP contribution in [0.1, 0.15) is 11.3 Å². The van der Waals surface area contributed by atoms with Crippen LogP contribution in [0.4, 0.5) is 4.39 Å². The third kappa shape index (κ3) is 2.33. The van der Waals surface area contributed by atoms with Crippen molar-refractivity contribution >= 4 is 0 Å². The number of benzene rings is 1. The van der Waals surface area contributed by atoms with Crippen molar-refractivity contribution in [3.63, 3.8) is 0 Å². The van der Waals surface area contributed by atoms with Gasteiger partial charge in [-0.3, -0.25) is 4.79 Å². The Bertz CT molecular complexity index is 729. The van der Waals surface area contributed by atoms with E-state index < -0.39 is 11.4 Å². The molecule has 1 aromatic heterocycles. The number of halogens is 1. The summed E-state index contributed by atoms with van der Waals surface area (Å²) in [5, 5.41) is 9.08. The average Bonchev–Trinajstić information content (AvgIpc) is 2.37. The van der Waals surface area contributed by atoms with E-state index >= 15 is 0 Å². The van der Waals surface area contributed by atoms with Crippen LogP contribution in [0.3, 0.4) is 0 Å². The first-order valence-electron chi connectivity index (χ1n) is 5.54. The molecule has 0 spiro atoms. The number of hydrogen-bond acceptors (Lipinski definition) is 3. The van der Waals surface area contributed by atoms with E-state index in [9.17, 15) is 9.18 Å². The molecule has 0 aliphatic heterocycles. The number of pyridine rings is 1. The van der Waals surface area contributed by atoms with E-state index in [1.807, 2.05) is 6.07 Å². The number of nitrogens with one attached hydrogen (secondary N) is 1. The molecular weight excluding hydrogens is 247 g/mol. The van der Waals surface area contributed by atoms with Gasteiger partial charge in [0.1, 0.15) is 23.2 Å². The molecule has 1 heterocycles. The average molecular weight is 258 g/mol. The van der Waals surface area contributed by atoms with Crippen molar-refractivity contribution in [1.29, 1.82) is 5.26 Å². The fourth-order valence-corrected chi connectivity index (χ4v) is 1.90. The van der Waals surface area contributed by atoms with Crippen LogP contribution in [0.25, 0.3) is 11.1 Å². The van der Waals surface area contributed by atoms with Crippen LogP contribution in [0.2, 0.25) is 0 Å². The zero-order chi connectivity index (χ0) is 14.0. The van der Waals surface area contributed by atoms with Crippen molar-refractivity contribution in [2.75, 3.05) is 7.11 Å². The molecule has 0 fully saturated rings. The van der Waals surface area contributed by atoms with E-state index in [2.05, 4.69) is 4.98 Å². The highest BCUT2D eigenvalue weighted by Crippen LogP contribution is 2.31. The molecule has 1 N–H and O–H groups in total. The number of hydrogen-bond donors (Lipinski definition) is 1. The second kappa shape index (κ2) is 4.94. The Labute approximate surface area is 109 Å². The predicted molar refractivity (Wildman–Crippen MR) is 68.5 cm³/mol. The molecule has 0 saturated heterocycles. The molecule has 5 heteroatoms. The lowest BCUT2D eigenvalue weighted by molar-refractivity contribution is 0.415. The van der Waals surface area contributed by atoms with Crippen LogP contribution in [0.5, 0.6) is 5.75 Å². The number of aromatic nitrogens is 1. The molecule has 0 bridgehead atoms. The Kier molecular flexibility index (Phi) is 3.34. The summed E-state index contributed by atoms with van der Waals surface area (Å²) in [6.07, 6.45) is 0. The van der Waals surface area contributed by atoms with Crippen molar-refractivity contribution in [1.82, 2.24) is 4.98 Å². The summed E-state index contributed by atoms with van der Waals surface area (Å²) < 4.78 is 18.5. The molecule has 0 radical (unpaired) electrons. The normalized spacial score (nSPS) is 10.0. The Hall–Kier alpha value is -2.61. The van der Waals surface area contributed by atoms with E-state index in [0.717, 1.165) is 0 Å². The summed E-state index contributed by atoms with van der Waals surface area (Å²) in [6.45, 7) is 1.69. The molecule has 0 saturated carbocycles. The molecule has 0 amide bonds. The zero-order valence-corrected chi connectivity index (χ0v) is 10.5. The van der Waals surface area contributed by atoms with Gasteiger partial charge in [0.15, 0.2) is 0 Å². The van der Waals surface area contributed by atoms with Crippen molar-refractivity contribution in [3.05, 3.63) is 51.7 Å². The lowest BCUT2D eigenvalue weighted by atomic mass is 10.00. The molecule has 0 aliphatic rings. The van der Waals surface area contributed by atoms with Crippen LogP contribution in [-0.4, -0.2) is 12.1 Å². The smallest absolute Gasteiger partial charge is 0.266 e. The number of rotatable bonds is 2. The summed E-state index contributed by atoms with van der Waals surface area (Å²) in [4.78, 5) is 14.3. The summed E-state index contributed by atoms with van der Waals surface area (Å²) in [5.41, 5.74) is 0.775. The molecule has 0 unspecified atom stereocenters. The Morgan fingerprint density at radius 2 is 2.05 bits per heavy atom. The van der Waals surface area contributed by atoms with E-state index in [1.165, 1.54) is 25.3 Å². The van der Waals surface area contributed by atoms with Gasteiger partial charge < -0.3 is 9.72 Å². The van der Waals surface area contributed by atoms with Crippen LogP contribution in [0, 0.1) is 24.1 Å². The van der Waals surface area contributed by atoms with Crippen molar-refractivity contribution in [3.8, 4) is 22.9 Å². The second-order valence-electron chi connectivity index (χ2n) is 4.03. The van der Waals surface area contributed by atoms with Gasteiger partial charge >= 0.3 is 0 Å². The van der Waals surface area contributed by atoms with Crippen LogP contribution in [0.15, 0.2) is 29.1 Å². The van der Waals surface area contributed by atoms with E-state index in [0.29, 0.717) is 22.6 Å². The number of nitrogens with zero attached hydrogens (tertiary/aromatic N) is 1. The molecule has 96 valence electrons. The van der Waals surface area contributed by atoms with E-state index in [1.54, 1.807) is 13.0 Å². The van der Waals surface area contributed by atoms with Crippen molar-refractivity contribution in [2.45, 2.75) is 6.92 Å². The Morgan fingerprint density at radius 3 is 2.68 bits per heavy atom. The van der Waals surface area contributed by atoms with Gasteiger partial charge in [-0.1, -0.05) is 0 Å². The SMILES string of the molecule is COc1ccc(F)cc1-c1cc(C)[nH]c(=O)c1C#N. The molecule has 0 atom stereocenters. The largest absolute Gasteiger partial charge is 0.496 e. The Morgan fingerprint density at radius 1 is 1.32 bits per heavy atom. The summed E-state index contributed by atoms with van der Waals surface area (Å²) in [6, 6.07) is 7.42. The van der Waals surface area contributed by atoms with E-state index in [-0.39, 0.29) is 5.56 Å². The highest BCUT2D eigenvalue weighted by Gasteiger charge is 2.14. The topological polar surface area (TPSA) is 65.9 Å². The van der Waals surface area contributed by atoms with Gasteiger partial charge in [0.05, 0.1) is 7.11 Å². The molecular formula is C14H11FN2O2. The minimum atomic E-state index is -0.496. The maximum absolute atomic E-state index is 13.4. The lowest BCUT2D eigenvalue weighted by Gasteiger charge is -2.10. The first-order chi connectivity index (χ1) is 9.06. The molecule has 4 nitrogen and oxygen atoms in total. The minimum Gasteiger partial charge on any atom is -0.496 e. The van der Waals surface area contributed by atoms with Gasteiger partial charge in [-0.2, -0.15) is 5.26 Å². The number of aromatic amines is 1. The standard InChI is InChI=1S/C14H11FN2O2/c1-8-5-10(12(7-16)14(18)17-8)11-6-9(15)3-4-13(11)19-2/h3-6H,1-2H3,(H,17,18). The number of methoxy groups -OCH3 is 1. The van der Waals surface area contributed by atoms with Gasteiger partial charge in [0.2, 0.25) is 0 Å². The number of aryl methyl sites for hydroxylation is 1. The monoisotopic (exact) mass is 258 g/mol. The van der Waals surface area contributed by atoms with Crippen molar-refractivity contribution < 1.29 is 9.13 Å². The maximum Gasteiger partial charge on any atom is 0.266 e. The third-order valence-corrected chi connectivity index (χ3v) is 2.73. The number of nitriles is 1. The van der Waals surface area contributed by atoms with Gasteiger partial charge in [-0.15, -0.1) is 0 Å². The first-order valence-corrected chi connectivity index (χ1v) is 5.54. The molecule has 19 heavy (non-hydrogen) atoms.